The number of ether oxygens (including phenoxy) is 1. The summed E-state index contributed by atoms with van der Waals surface area (Å²) >= 11 is 0. The Balaban J connectivity index is 2.22. The zero-order chi connectivity index (χ0) is 10.7. The maximum Gasteiger partial charge on any atom is 0.135 e. The van der Waals surface area contributed by atoms with Crippen molar-refractivity contribution in [2.24, 2.45) is 0 Å². The minimum absolute atomic E-state index is 0.751. The molecule has 0 aliphatic heterocycles. The first-order valence-corrected chi connectivity index (χ1v) is 4.97. The van der Waals surface area contributed by atoms with Crippen LogP contribution in [0, 0.1) is 19.9 Å². The van der Waals surface area contributed by atoms with E-state index in [1.165, 1.54) is 11.1 Å². The van der Waals surface area contributed by atoms with Crippen molar-refractivity contribution in [1.29, 1.82) is 0 Å². The van der Waals surface area contributed by atoms with E-state index < -0.39 is 0 Å². The van der Waals surface area contributed by atoms with Gasteiger partial charge < -0.3 is 4.74 Å². The van der Waals surface area contributed by atoms with Gasteiger partial charge in [-0.2, -0.15) is 0 Å². The normalized spacial score (nSPS) is 10.0. The summed E-state index contributed by atoms with van der Waals surface area (Å²) in [4.78, 5) is 0. The van der Waals surface area contributed by atoms with Crippen molar-refractivity contribution in [3.63, 3.8) is 0 Å². The molecule has 1 heteroatoms. The summed E-state index contributed by atoms with van der Waals surface area (Å²) in [5, 5.41) is 0. The third-order valence-electron chi connectivity index (χ3n) is 2.39. The molecule has 1 nitrogen and oxygen atoms in total. The van der Waals surface area contributed by atoms with Crippen LogP contribution in [-0.4, -0.2) is 0 Å². The van der Waals surface area contributed by atoms with E-state index in [2.05, 4.69) is 26.0 Å². The molecular weight excluding hydrogens is 184 g/mol. The SMILES string of the molecule is Cc1ccc(Oc2[c]cccc2)cc1C. The third-order valence-corrected chi connectivity index (χ3v) is 2.39. The van der Waals surface area contributed by atoms with Gasteiger partial charge in [0.25, 0.3) is 0 Å². The number of aryl methyl sites for hydroxylation is 2. The lowest BCUT2D eigenvalue weighted by atomic mass is 10.1. The molecule has 0 N–H and O–H groups in total. The quantitative estimate of drug-likeness (QED) is 0.709. The molecule has 1 radical (unpaired) electrons. The zero-order valence-electron chi connectivity index (χ0n) is 8.95. The summed E-state index contributed by atoms with van der Waals surface area (Å²) in [5.41, 5.74) is 2.52. The number of rotatable bonds is 2. The lowest BCUT2D eigenvalue weighted by Crippen LogP contribution is -1.86. The first-order chi connectivity index (χ1) is 7.25. The fraction of sp³-hybridized carbons (Fsp3) is 0.143. The van der Waals surface area contributed by atoms with Gasteiger partial charge in [0.15, 0.2) is 0 Å². The van der Waals surface area contributed by atoms with Gasteiger partial charge in [-0.1, -0.05) is 24.3 Å². The summed E-state index contributed by atoms with van der Waals surface area (Å²) in [7, 11) is 0. The van der Waals surface area contributed by atoms with E-state index in [0.717, 1.165) is 11.5 Å². The Morgan fingerprint density at radius 2 is 1.87 bits per heavy atom. The summed E-state index contributed by atoms with van der Waals surface area (Å²) in [6.45, 7) is 4.17. The number of hydrogen-bond donors (Lipinski definition) is 0. The molecule has 0 aliphatic carbocycles. The second kappa shape index (κ2) is 4.18. The molecule has 15 heavy (non-hydrogen) atoms. The molecule has 2 rings (SSSR count). The van der Waals surface area contributed by atoms with Crippen LogP contribution >= 0.6 is 0 Å². The van der Waals surface area contributed by atoms with E-state index in [0.29, 0.717) is 0 Å². The van der Waals surface area contributed by atoms with Gasteiger partial charge in [0.05, 0.1) is 0 Å². The average molecular weight is 197 g/mol. The van der Waals surface area contributed by atoms with Crippen LogP contribution in [0.15, 0.2) is 42.5 Å². The van der Waals surface area contributed by atoms with Crippen LogP contribution in [0.5, 0.6) is 11.5 Å². The van der Waals surface area contributed by atoms with Gasteiger partial charge in [-0.3, -0.25) is 0 Å². The first-order valence-electron chi connectivity index (χ1n) is 4.97. The molecule has 0 aromatic heterocycles. The van der Waals surface area contributed by atoms with Gasteiger partial charge in [-0.25, -0.2) is 0 Å². The van der Waals surface area contributed by atoms with E-state index >= 15 is 0 Å². The van der Waals surface area contributed by atoms with Crippen molar-refractivity contribution in [3.05, 3.63) is 59.7 Å². The smallest absolute Gasteiger partial charge is 0.135 e. The second-order valence-electron chi connectivity index (χ2n) is 3.57. The highest BCUT2D eigenvalue weighted by Crippen LogP contribution is 2.22. The Morgan fingerprint density at radius 3 is 2.53 bits per heavy atom. The summed E-state index contributed by atoms with van der Waals surface area (Å²) in [6.07, 6.45) is 0. The fourth-order valence-electron chi connectivity index (χ4n) is 1.34. The summed E-state index contributed by atoms with van der Waals surface area (Å²) in [5.74, 6) is 1.61. The van der Waals surface area contributed by atoms with Gasteiger partial charge in [0, 0.05) is 6.07 Å². The number of benzene rings is 2. The maximum absolute atomic E-state index is 5.66. The van der Waals surface area contributed by atoms with Crippen molar-refractivity contribution in [3.8, 4) is 11.5 Å². The van der Waals surface area contributed by atoms with Gasteiger partial charge in [0.1, 0.15) is 11.5 Å². The first kappa shape index (κ1) is 9.78. The molecule has 0 spiro atoms. The molecular formula is C14H13O. The van der Waals surface area contributed by atoms with E-state index in [4.69, 9.17) is 4.74 Å². The number of para-hydroxylation sites is 1. The van der Waals surface area contributed by atoms with Crippen LogP contribution in [0.2, 0.25) is 0 Å². The Morgan fingerprint density at radius 1 is 1.00 bits per heavy atom. The molecule has 2 aromatic carbocycles. The third kappa shape index (κ3) is 2.38. The molecule has 0 atom stereocenters. The average Bonchev–Trinajstić information content (AvgIpc) is 2.25. The Bertz CT molecular complexity index is 446. The molecule has 0 saturated heterocycles. The predicted molar refractivity (Wildman–Crippen MR) is 61.3 cm³/mol. The van der Waals surface area contributed by atoms with Crippen LogP contribution in [0.1, 0.15) is 11.1 Å². The van der Waals surface area contributed by atoms with Crippen LogP contribution in [-0.2, 0) is 0 Å². The van der Waals surface area contributed by atoms with Crippen molar-refractivity contribution in [2.75, 3.05) is 0 Å². The van der Waals surface area contributed by atoms with Crippen LogP contribution in [0.25, 0.3) is 0 Å². The Hall–Kier alpha value is -1.76. The molecule has 0 amide bonds. The highest BCUT2D eigenvalue weighted by atomic mass is 16.5. The van der Waals surface area contributed by atoms with Crippen molar-refractivity contribution in [2.45, 2.75) is 13.8 Å². The van der Waals surface area contributed by atoms with Crippen molar-refractivity contribution in [1.82, 2.24) is 0 Å². The highest BCUT2D eigenvalue weighted by Gasteiger charge is 1.98. The lowest BCUT2D eigenvalue weighted by molar-refractivity contribution is 0.481. The Kier molecular flexibility index (Phi) is 2.72. The molecule has 0 fully saturated rings. The van der Waals surface area contributed by atoms with Crippen LogP contribution in [0.4, 0.5) is 0 Å². The molecule has 0 bridgehead atoms. The molecule has 0 heterocycles. The molecule has 0 aliphatic rings. The summed E-state index contributed by atoms with van der Waals surface area (Å²) < 4.78 is 5.66. The van der Waals surface area contributed by atoms with Gasteiger partial charge in [-0.05, 0) is 43.2 Å². The molecule has 0 unspecified atom stereocenters. The van der Waals surface area contributed by atoms with E-state index in [9.17, 15) is 0 Å². The van der Waals surface area contributed by atoms with Gasteiger partial charge in [0.2, 0.25) is 0 Å². The minimum Gasteiger partial charge on any atom is -0.457 e. The van der Waals surface area contributed by atoms with Crippen molar-refractivity contribution >= 4 is 0 Å². The molecule has 0 saturated carbocycles. The van der Waals surface area contributed by atoms with Gasteiger partial charge in [-0.15, -0.1) is 0 Å². The predicted octanol–water partition coefficient (Wildman–Crippen LogP) is 3.90. The topological polar surface area (TPSA) is 9.23 Å². The van der Waals surface area contributed by atoms with Gasteiger partial charge >= 0.3 is 0 Å². The number of hydrogen-bond acceptors (Lipinski definition) is 1. The van der Waals surface area contributed by atoms with Crippen molar-refractivity contribution < 1.29 is 4.74 Å². The van der Waals surface area contributed by atoms with E-state index in [1.54, 1.807) is 0 Å². The standard InChI is InChI=1S/C14H13O/c1-11-8-9-14(10-12(11)2)15-13-6-4-3-5-7-13/h3-6,8-10H,1-2H3. The van der Waals surface area contributed by atoms with E-state index in [1.807, 2.05) is 36.4 Å². The highest BCUT2D eigenvalue weighted by molar-refractivity contribution is 5.36. The van der Waals surface area contributed by atoms with Crippen LogP contribution < -0.4 is 4.74 Å². The zero-order valence-corrected chi connectivity index (χ0v) is 8.95. The molecule has 75 valence electrons. The Labute approximate surface area is 90.3 Å². The lowest BCUT2D eigenvalue weighted by Gasteiger charge is -2.07. The summed E-state index contributed by atoms with van der Waals surface area (Å²) in [6, 6.07) is 16.7. The largest absolute Gasteiger partial charge is 0.457 e. The maximum atomic E-state index is 5.66. The monoisotopic (exact) mass is 197 g/mol. The second-order valence-corrected chi connectivity index (χ2v) is 3.57. The molecule has 2 aromatic rings. The minimum atomic E-state index is 0.751. The fourth-order valence-corrected chi connectivity index (χ4v) is 1.34. The van der Waals surface area contributed by atoms with Crippen LogP contribution in [0.3, 0.4) is 0 Å². The van der Waals surface area contributed by atoms with E-state index in [-0.39, 0.29) is 0 Å².